The summed E-state index contributed by atoms with van der Waals surface area (Å²) in [5.74, 6) is 1.46. The van der Waals surface area contributed by atoms with Gasteiger partial charge in [-0.15, -0.1) is 11.6 Å². The van der Waals surface area contributed by atoms with Gasteiger partial charge in [0.2, 0.25) is 0 Å². The fraction of sp³-hybridized carbons (Fsp3) is 0.333. The summed E-state index contributed by atoms with van der Waals surface area (Å²) in [4.78, 5) is 4.68. The van der Waals surface area contributed by atoms with E-state index in [1.807, 2.05) is 36.1 Å². The average molecular weight is 323 g/mol. The molecule has 0 aliphatic rings. The van der Waals surface area contributed by atoms with E-state index in [9.17, 15) is 0 Å². The van der Waals surface area contributed by atoms with Crippen molar-refractivity contribution >= 4 is 34.2 Å². The maximum absolute atomic E-state index is 6.07. The summed E-state index contributed by atoms with van der Waals surface area (Å²) in [7, 11) is 1.93. The number of halogens is 2. The summed E-state index contributed by atoms with van der Waals surface area (Å²) in [6.07, 6.45) is 3.59. The first-order valence-corrected chi connectivity index (χ1v) is 7.81. The van der Waals surface area contributed by atoms with Gasteiger partial charge < -0.3 is 0 Å². The normalized spacial score (nSPS) is 11.4. The third-order valence-electron chi connectivity index (χ3n) is 3.46. The van der Waals surface area contributed by atoms with E-state index < -0.39 is 0 Å². The van der Waals surface area contributed by atoms with Crippen molar-refractivity contribution in [3.63, 3.8) is 0 Å². The lowest BCUT2D eigenvalue weighted by atomic mass is 10.2. The fourth-order valence-electron chi connectivity index (χ4n) is 2.58. The Hall–Kier alpha value is -1.52. The Morgan fingerprint density at radius 2 is 2.10 bits per heavy atom. The number of benzene rings is 1. The Bertz CT molecular complexity index is 788. The summed E-state index contributed by atoms with van der Waals surface area (Å²) >= 11 is 12.0. The first kappa shape index (κ1) is 14.4. The van der Waals surface area contributed by atoms with Crippen molar-refractivity contribution in [1.82, 2.24) is 19.3 Å². The number of rotatable bonds is 4. The van der Waals surface area contributed by atoms with Crippen molar-refractivity contribution in [3.05, 3.63) is 40.9 Å². The lowest BCUT2D eigenvalue weighted by Crippen LogP contribution is -2.03. The SMILES string of the molecule is CCc1nn(C)cc1-n1c(CCCl)nc2cc(Cl)ccc21. The van der Waals surface area contributed by atoms with E-state index in [1.54, 1.807) is 0 Å². The van der Waals surface area contributed by atoms with Gasteiger partial charge in [-0.2, -0.15) is 5.10 Å². The highest BCUT2D eigenvalue weighted by atomic mass is 35.5. The lowest BCUT2D eigenvalue weighted by Gasteiger charge is -2.07. The number of aryl methyl sites for hydroxylation is 3. The van der Waals surface area contributed by atoms with E-state index in [4.69, 9.17) is 23.2 Å². The summed E-state index contributed by atoms with van der Waals surface area (Å²) in [6, 6.07) is 5.76. The van der Waals surface area contributed by atoms with Crippen LogP contribution < -0.4 is 0 Å². The molecule has 0 aliphatic carbocycles. The Labute approximate surface area is 133 Å². The third kappa shape index (κ3) is 2.54. The molecule has 0 atom stereocenters. The van der Waals surface area contributed by atoms with Gasteiger partial charge in [-0.05, 0) is 24.6 Å². The minimum atomic E-state index is 0.527. The summed E-state index contributed by atoms with van der Waals surface area (Å²) in [6.45, 7) is 2.10. The molecule has 0 spiro atoms. The van der Waals surface area contributed by atoms with Crippen molar-refractivity contribution in [1.29, 1.82) is 0 Å². The molecule has 0 N–H and O–H groups in total. The van der Waals surface area contributed by atoms with Gasteiger partial charge >= 0.3 is 0 Å². The van der Waals surface area contributed by atoms with Crippen molar-refractivity contribution in [3.8, 4) is 5.69 Å². The van der Waals surface area contributed by atoms with Gasteiger partial charge in [0.15, 0.2) is 0 Å². The summed E-state index contributed by atoms with van der Waals surface area (Å²) in [5.41, 5.74) is 4.02. The molecule has 0 saturated carbocycles. The second kappa shape index (κ2) is 5.70. The Morgan fingerprint density at radius 1 is 1.29 bits per heavy atom. The first-order chi connectivity index (χ1) is 10.1. The molecule has 0 radical (unpaired) electrons. The van der Waals surface area contributed by atoms with Crippen LogP contribution in [0.5, 0.6) is 0 Å². The second-order valence-electron chi connectivity index (χ2n) is 4.92. The minimum Gasteiger partial charge on any atom is -0.293 e. The van der Waals surface area contributed by atoms with Crippen LogP contribution in [0.25, 0.3) is 16.7 Å². The topological polar surface area (TPSA) is 35.6 Å². The van der Waals surface area contributed by atoms with Crippen LogP contribution >= 0.6 is 23.2 Å². The Morgan fingerprint density at radius 3 is 2.81 bits per heavy atom. The van der Waals surface area contributed by atoms with E-state index >= 15 is 0 Å². The molecule has 110 valence electrons. The minimum absolute atomic E-state index is 0.527. The summed E-state index contributed by atoms with van der Waals surface area (Å²) < 4.78 is 3.97. The van der Waals surface area contributed by atoms with Crippen LogP contribution in [0.2, 0.25) is 5.02 Å². The molecule has 0 saturated heterocycles. The lowest BCUT2D eigenvalue weighted by molar-refractivity contribution is 0.746. The van der Waals surface area contributed by atoms with Gasteiger partial charge in [0.25, 0.3) is 0 Å². The van der Waals surface area contributed by atoms with Crippen LogP contribution in [0.1, 0.15) is 18.4 Å². The molecule has 0 unspecified atom stereocenters. The molecule has 3 aromatic rings. The Kier molecular flexibility index (Phi) is 3.91. The molecule has 0 fully saturated rings. The number of hydrogen-bond acceptors (Lipinski definition) is 2. The predicted molar refractivity (Wildman–Crippen MR) is 86.6 cm³/mol. The fourth-order valence-corrected chi connectivity index (χ4v) is 2.92. The molecule has 2 heterocycles. The van der Waals surface area contributed by atoms with Crippen LogP contribution in [0.4, 0.5) is 0 Å². The molecule has 2 aromatic heterocycles. The predicted octanol–water partition coefficient (Wildman–Crippen LogP) is 3.76. The van der Waals surface area contributed by atoms with Crippen molar-refractivity contribution in [2.24, 2.45) is 7.05 Å². The third-order valence-corrected chi connectivity index (χ3v) is 3.89. The average Bonchev–Trinajstić information content (AvgIpc) is 2.98. The van der Waals surface area contributed by atoms with Crippen LogP contribution in [0.15, 0.2) is 24.4 Å². The highest BCUT2D eigenvalue weighted by molar-refractivity contribution is 6.31. The monoisotopic (exact) mass is 322 g/mol. The maximum atomic E-state index is 6.07. The molecule has 0 aliphatic heterocycles. The molecular weight excluding hydrogens is 307 g/mol. The number of imidazole rings is 1. The van der Waals surface area contributed by atoms with Crippen molar-refractivity contribution in [2.45, 2.75) is 19.8 Å². The zero-order valence-electron chi connectivity index (χ0n) is 12.0. The molecule has 6 heteroatoms. The van der Waals surface area contributed by atoms with E-state index in [0.717, 1.165) is 34.7 Å². The van der Waals surface area contributed by atoms with E-state index in [-0.39, 0.29) is 0 Å². The first-order valence-electron chi connectivity index (χ1n) is 6.89. The van der Waals surface area contributed by atoms with Gasteiger partial charge in [-0.1, -0.05) is 18.5 Å². The van der Waals surface area contributed by atoms with Gasteiger partial charge in [0.1, 0.15) is 5.82 Å². The quantitative estimate of drug-likeness (QED) is 0.686. The zero-order chi connectivity index (χ0) is 15.0. The smallest absolute Gasteiger partial charge is 0.115 e. The molecule has 1 aromatic carbocycles. The highest BCUT2D eigenvalue weighted by Gasteiger charge is 2.16. The van der Waals surface area contributed by atoms with Gasteiger partial charge in [-0.3, -0.25) is 9.25 Å². The molecule has 0 amide bonds. The summed E-state index contributed by atoms with van der Waals surface area (Å²) in [5, 5.41) is 5.21. The number of fused-ring (bicyclic) bond motifs is 1. The van der Waals surface area contributed by atoms with E-state index in [1.165, 1.54) is 0 Å². The molecule has 21 heavy (non-hydrogen) atoms. The van der Waals surface area contributed by atoms with Crippen LogP contribution in [-0.4, -0.2) is 25.2 Å². The number of hydrogen-bond donors (Lipinski definition) is 0. The second-order valence-corrected chi connectivity index (χ2v) is 5.74. The highest BCUT2D eigenvalue weighted by Crippen LogP contribution is 2.26. The van der Waals surface area contributed by atoms with Crippen molar-refractivity contribution < 1.29 is 0 Å². The number of nitrogens with zero attached hydrogens (tertiary/aromatic N) is 4. The largest absolute Gasteiger partial charge is 0.293 e. The maximum Gasteiger partial charge on any atom is 0.115 e. The van der Waals surface area contributed by atoms with Crippen molar-refractivity contribution in [2.75, 3.05) is 5.88 Å². The standard InChI is InChI=1S/C15H16Cl2N4/c1-3-11-14(9-20(2)19-11)21-13-5-4-10(17)8-12(13)18-15(21)6-7-16/h4-5,8-9H,3,6-7H2,1-2H3. The molecule has 3 rings (SSSR count). The van der Waals surface area contributed by atoms with Crippen LogP contribution in [0.3, 0.4) is 0 Å². The molecular formula is C15H16Cl2N4. The van der Waals surface area contributed by atoms with Crippen LogP contribution in [0, 0.1) is 0 Å². The van der Waals surface area contributed by atoms with E-state index in [2.05, 4.69) is 21.6 Å². The zero-order valence-corrected chi connectivity index (χ0v) is 13.5. The molecule has 4 nitrogen and oxygen atoms in total. The van der Waals surface area contributed by atoms with Crippen LogP contribution in [-0.2, 0) is 19.9 Å². The molecule has 0 bridgehead atoms. The van der Waals surface area contributed by atoms with Gasteiger partial charge in [-0.25, -0.2) is 4.98 Å². The number of alkyl halides is 1. The van der Waals surface area contributed by atoms with Gasteiger partial charge in [0, 0.05) is 30.6 Å². The van der Waals surface area contributed by atoms with Gasteiger partial charge in [0.05, 0.1) is 22.4 Å². The number of aromatic nitrogens is 4. The van der Waals surface area contributed by atoms with E-state index in [0.29, 0.717) is 17.3 Å². The Balaban J connectivity index is 2.30.